The van der Waals surface area contributed by atoms with Crippen molar-refractivity contribution >= 4 is 15.9 Å². The molecule has 1 aromatic heterocycles. The van der Waals surface area contributed by atoms with Gasteiger partial charge in [-0.05, 0) is 33.6 Å². The Hall–Kier alpha value is -0.490. The largest absolute Gasteiger partial charge is 0.380 e. The van der Waals surface area contributed by atoms with Gasteiger partial charge in [-0.3, -0.25) is 0 Å². The fourth-order valence-electron chi connectivity index (χ4n) is 2.05. The number of aromatic nitrogens is 1. The van der Waals surface area contributed by atoms with Crippen molar-refractivity contribution in [2.75, 3.05) is 27.4 Å². The Morgan fingerprint density at radius 2 is 2.29 bits per heavy atom. The molecule has 0 unspecified atom stereocenters. The van der Waals surface area contributed by atoms with Crippen LogP contribution in [0.1, 0.15) is 17.7 Å². The summed E-state index contributed by atoms with van der Waals surface area (Å²) < 4.78 is 17.0. The van der Waals surface area contributed by atoms with Crippen LogP contribution in [0.25, 0.3) is 0 Å². The van der Waals surface area contributed by atoms with E-state index in [4.69, 9.17) is 14.2 Å². The third-order valence-corrected chi connectivity index (χ3v) is 3.41. The molecule has 0 bridgehead atoms. The van der Waals surface area contributed by atoms with Gasteiger partial charge in [0, 0.05) is 27.2 Å². The summed E-state index contributed by atoms with van der Waals surface area (Å²) in [5, 5.41) is 0. The van der Waals surface area contributed by atoms with E-state index in [9.17, 15) is 0 Å². The molecule has 1 aromatic rings. The Bertz CT molecular complexity index is 391. The third-order valence-electron chi connectivity index (χ3n) is 3.01. The SMILES string of the molecule is COCc1cc(Br)nc([C@]2(OC)CCOC2)c1. The van der Waals surface area contributed by atoms with Crippen molar-refractivity contribution in [3.05, 3.63) is 28.0 Å². The third kappa shape index (κ3) is 2.68. The molecule has 1 atom stereocenters. The summed E-state index contributed by atoms with van der Waals surface area (Å²) >= 11 is 3.42. The predicted octanol–water partition coefficient (Wildman–Crippen LogP) is 2.25. The first-order valence-corrected chi connectivity index (χ1v) is 6.28. The van der Waals surface area contributed by atoms with Crippen LogP contribution in [0.4, 0.5) is 0 Å². The van der Waals surface area contributed by atoms with Crippen LogP contribution in [0.2, 0.25) is 0 Å². The van der Waals surface area contributed by atoms with Crippen molar-refractivity contribution < 1.29 is 14.2 Å². The minimum Gasteiger partial charge on any atom is -0.380 e. The maximum Gasteiger partial charge on any atom is 0.135 e. The second kappa shape index (κ2) is 5.44. The highest BCUT2D eigenvalue weighted by molar-refractivity contribution is 9.10. The van der Waals surface area contributed by atoms with Gasteiger partial charge in [-0.1, -0.05) is 0 Å². The van der Waals surface area contributed by atoms with Gasteiger partial charge in [-0.15, -0.1) is 0 Å². The van der Waals surface area contributed by atoms with Crippen LogP contribution in [-0.2, 0) is 26.4 Å². The van der Waals surface area contributed by atoms with Gasteiger partial charge in [0.25, 0.3) is 0 Å². The summed E-state index contributed by atoms with van der Waals surface area (Å²) in [6.45, 7) is 1.83. The maximum atomic E-state index is 5.62. The van der Waals surface area contributed by atoms with E-state index in [1.807, 2.05) is 12.1 Å². The van der Waals surface area contributed by atoms with Crippen LogP contribution in [0.3, 0.4) is 0 Å². The van der Waals surface area contributed by atoms with Crippen molar-refractivity contribution in [3.8, 4) is 0 Å². The van der Waals surface area contributed by atoms with E-state index in [1.54, 1.807) is 14.2 Å². The lowest BCUT2D eigenvalue weighted by molar-refractivity contribution is -0.0248. The van der Waals surface area contributed by atoms with Crippen LogP contribution >= 0.6 is 15.9 Å². The molecule has 2 rings (SSSR count). The van der Waals surface area contributed by atoms with Gasteiger partial charge in [0.05, 0.1) is 18.9 Å². The smallest absolute Gasteiger partial charge is 0.135 e. The molecule has 4 nitrogen and oxygen atoms in total. The van der Waals surface area contributed by atoms with Gasteiger partial charge >= 0.3 is 0 Å². The summed E-state index contributed by atoms with van der Waals surface area (Å²) in [5.41, 5.74) is 1.57. The molecule has 1 aliphatic heterocycles. The number of rotatable bonds is 4. The quantitative estimate of drug-likeness (QED) is 0.800. The molecular formula is C12H16BrNO3. The molecule has 1 fully saturated rings. The van der Waals surface area contributed by atoms with Crippen LogP contribution < -0.4 is 0 Å². The van der Waals surface area contributed by atoms with Crippen LogP contribution in [-0.4, -0.2) is 32.4 Å². The Kier molecular flexibility index (Phi) is 4.14. The first-order valence-electron chi connectivity index (χ1n) is 5.49. The van der Waals surface area contributed by atoms with Crippen molar-refractivity contribution in [3.63, 3.8) is 0 Å². The molecule has 2 heterocycles. The van der Waals surface area contributed by atoms with Crippen LogP contribution in [0.5, 0.6) is 0 Å². The molecule has 94 valence electrons. The molecular weight excluding hydrogens is 286 g/mol. The minimum absolute atomic E-state index is 0.410. The zero-order valence-corrected chi connectivity index (χ0v) is 11.6. The van der Waals surface area contributed by atoms with Crippen molar-refractivity contribution in [1.29, 1.82) is 0 Å². The molecule has 5 heteroatoms. The molecule has 0 aromatic carbocycles. The standard InChI is InChI=1S/C12H16BrNO3/c1-15-7-9-5-10(14-11(13)6-9)12(16-2)3-4-17-8-12/h5-6H,3-4,7-8H2,1-2H3/t12-/m0/s1. The lowest BCUT2D eigenvalue weighted by atomic mass is 9.97. The highest BCUT2D eigenvalue weighted by Gasteiger charge is 2.38. The highest BCUT2D eigenvalue weighted by Crippen LogP contribution is 2.34. The van der Waals surface area contributed by atoms with Gasteiger partial charge in [-0.25, -0.2) is 4.98 Å². The average Bonchev–Trinajstić information content (AvgIpc) is 2.78. The van der Waals surface area contributed by atoms with Gasteiger partial charge in [0.15, 0.2) is 0 Å². The number of halogens is 1. The minimum atomic E-state index is -0.410. The fourth-order valence-corrected chi connectivity index (χ4v) is 2.53. The second-order valence-electron chi connectivity index (χ2n) is 4.12. The maximum absolute atomic E-state index is 5.62. The van der Waals surface area contributed by atoms with Gasteiger partial charge < -0.3 is 14.2 Å². The van der Waals surface area contributed by atoms with E-state index < -0.39 is 5.60 Å². The van der Waals surface area contributed by atoms with Gasteiger partial charge in [0.2, 0.25) is 0 Å². The van der Waals surface area contributed by atoms with E-state index >= 15 is 0 Å². The molecule has 0 spiro atoms. The molecule has 0 N–H and O–H groups in total. The number of methoxy groups -OCH3 is 2. The van der Waals surface area contributed by atoms with Crippen molar-refractivity contribution in [1.82, 2.24) is 4.98 Å². The topological polar surface area (TPSA) is 40.6 Å². The Labute approximate surface area is 109 Å². The first-order chi connectivity index (χ1) is 8.20. The summed E-state index contributed by atoms with van der Waals surface area (Å²) in [6, 6.07) is 3.97. The van der Waals surface area contributed by atoms with E-state index in [2.05, 4.69) is 20.9 Å². The lowest BCUT2D eigenvalue weighted by Crippen LogP contribution is -2.30. The van der Waals surface area contributed by atoms with Gasteiger partial charge in [-0.2, -0.15) is 0 Å². The second-order valence-corrected chi connectivity index (χ2v) is 4.93. The molecule has 0 aliphatic carbocycles. The highest BCUT2D eigenvalue weighted by atomic mass is 79.9. The summed E-state index contributed by atoms with van der Waals surface area (Å²) in [7, 11) is 3.38. The molecule has 17 heavy (non-hydrogen) atoms. The van der Waals surface area contributed by atoms with Crippen molar-refractivity contribution in [2.45, 2.75) is 18.6 Å². The Balaban J connectivity index is 2.36. The number of hydrogen-bond acceptors (Lipinski definition) is 4. The van der Waals surface area contributed by atoms with E-state index in [1.165, 1.54) is 0 Å². The number of pyridine rings is 1. The fraction of sp³-hybridized carbons (Fsp3) is 0.583. The van der Waals surface area contributed by atoms with Crippen molar-refractivity contribution in [2.24, 2.45) is 0 Å². The van der Waals surface area contributed by atoms with Gasteiger partial charge in [0.1, 0.15) is 10.2 Å². The Morgan fingerprint density at radius 1 is 1.47 bits per heavy atom. The molecule has 1 aliphatic rings. The van der Waals surface area contributed by atoms with Crippen LogP contribution in [0.15, 0.2) is 16.7 Å². The molecule has 0 saturated carbocycles. The normalized spacial score (nSPS) is 24.2. The first kappa shape index (κ1) is 13.0. The van der Waals surface area contributed by atoms with E-state index in [0.717, 1.165) is 22.3 Å². The monoisotopic (exact) mass is 301 g/mol. The number of ether oxygens (including phenoxy) is 3. The van der Waals surface area contributed by atoms with E-state index in [0.29, 0.717) is 19.8 Å². The molecule has 1 saturated heterocycles. The summed E-state index contributed by atoms with van der Waals surface area (Å²) in [5.74, 6) is 0. The number of hydrogen-bond donors (Lipinski definition) is 0. The predicted molar refractivity (Wildman–Crippen MR) is 66.8 cm³/mol. The lowest BCUT2D eigenvalue weighted by Gasteiger charge is -2.25. The number of nitrogens with zero attached hydrogens (tertiary/aromatic N) is 1. The summed E-state index contributed by atoms with van der Waals surface area (Å²) in [4.78, 5) is 4.50. The zero-order valence-electron chi connectivity index (χ0n) is 10.0. The summed E-state index contributed by atoms with van der Waals surface area (Å²) in [6.07, 6.45) is 0.833. The van der Waals surface area contributed by atoms with E-state index in [-0.39, 0.29) is 0 Å². The zero-order chi connectivity index (χ0) is 12.3. The van der Waals surface area contributed by atoms with Crippen LogP contribution in [0, 0.1) is 0 Å². The average molecular weight is 302 g/mol. The molecule has 0 radical (unpaired) electrons. The molecule has 0 amide bonds. The Morgan fingerprint density at radius 3 is 2.88 bits per heavy atom.